The number of benzene rings is 1. The second-order valence-electron chi connectivity index (χ2n) is 4.37. The molecule has 0 aliphatic heterocycles. The maximum Gasteiger partial charge on any atom is 0.154 e. The molecule has 0 spiro atoms. The maximum atomic E-state index is 9.21. The van der Waals surface area contributed by atoms with Gasteiger partial charge in [0, 0.05) is 10.5 Å². The number of nitriles is 1. The zero-order valence-corrected chi connectivity index (χ0v) is 12.0. The van der Waals surface area contributed by atoms with Gasteiger partial charge in [0.2, 0.25) is 0 Å². The van der Waals surface area contributed by atoms with Crippen LogP contribution in [0, 0.1) is 18.3 Å². The molecule has 0 radical (unpaired) electrons. The molecule has 0 aliphatic carbocycles. The van der Waals surface area contributed by atoms with Crippen molar-refractivity contribution in [3.05, 3.63) is 47.7 Å². The minimum absolute atomic E-state index is 0.525. The Balaban J connectivity index is 2.33. The van der Waals surface area contributed by atoms with Gasteiger partial charge in [-0.05, 0) is 31.2 Å². The Morgan fingerprint density at radius 2 is 1.89 bits per heavy atom. The summed E-state index contributed by atoms with van der Waals surface area (Å²) in [4.78, 5) is 5.43. The first-order valence-electron chi connectivity index (χ1n) is 6.35. The van der Waals surface area contributed by atoms with Crippen molar-refractivity contribution < 1.29 is 0 Å². The number of aromatic nitrogens is 1. The van der Waals surface area contributed by atoms with Crippen LogP contribution in [0.3, 0.4) is 0 Å². The smallest absolute Gasteiger partial charge is 0.154 e. The van der Waals surface area contributed by atoms with E-state index in [9.17, 15) is 5.26 Å². The molecular formula is C16H16N2S. The Kier molecular flexibility index (Phi) is 4.59. The number of rotatable bonds is 4. The van der Waals surface area contributed by atoms with Crippen LogP contribution >= 0.6 is 11.8 Å². The number of hydrogen-bond acceptors (Lipinski definition) is 3. The molecule has 19 heavy (non-hydrogen) atoms. The van der Waals surface area contributed by atoms with Crippen molar-refractivity contribution >= 4 is 11.8 Å². The van der Waals surface area contributed by atoms with Gasteiger partial charge in [0.25, 0.3) is 0 Å². The molecule has 1 heterocycles. The van der Waals surface area contributed by atoms with Gasteiger partial charge in [-0.15, -0.1) is 11.8 Å². The standard InChI is InChI=1S/C16H16N2S/c1-3-10-19-16-9-8-14(18-15(16)11-17)13-6-4-12(2)5-7-13/h4-9H,3,10H2,1-2H3. The van der Waals surface area contributed by atoms with Crippen LogP contribution in [0.5, 0.6) is 0 Å². The largest absolute Gasteiger partial charge is 0.236 e. The zero-order chi connectivity index (χ0) is 13.7. The van der Waals surface area contributed by atoms with Crippen molar-refractivity contribution in [1.29, 1.82) is 5.26 Å². The van der Waals surface area contributed by atoms with E-state index >= 15 is 0 Å². The van der Waals surface area contributed by atoms with Crippen molar-refractivity contribution in [2.45, 2.75) is 25.2 Å². The van der Waals surface area contributed by atoms with Crippen LogP contribution in [0.1, 0.15) is 24.6 Å². The van der Waals surface area contributed by atoms with Crippen LogP contribution in [0.25, 0.3) is 11.3 Å². The van der Waals surface area contributed by atoms with Gasteiger partial charge in [-0.1, -0.05) is 36.8 Å². The highest BCUT2D eigenvalue weighted by Gasteiger charge is 2.07. The molecular weight excluding hydrogens is 252 g/mol. The first-order chi connectivity index (χ1) is 9.24. The van der Waals surface area contributed by atoms with Crippen molar-refractivity contribution in [2.24, 2.45) is 0 Å². The molecule has 0 bridgehead atoms. The highest BCUT2D eigenvalue weighted by Crippen LogP contribution is 2.25. The molecule has 0 amide bonds. The molecule has 1 aromatic heterocycles. The fourth-order valence-corrected chi connectivity index (χ4v) is 2.56. The monoisotopic (exact) mass is 268 g/mol. The summed E-state index contributed by atoms with van der Waals surface area (Å²) in [5.41, 5.74) is 3.66. The number of thioether (sulfide) groups is 1. The minimum atomic E-state index is 0.525. The van der Waals surface area contributed by atoms with E-state index < -0.39 is 0 Å². The third-order valence-electron chi connectivity index (χ3n) is 2.77. The Hall–Kier alpha value is -1.79. The van der Waals surface area contributed by atoms with E-state index in [1.807, 2.05) is 24.3 Å². The van der Waals surface area contributed by atoms with Crippen LogP contribution in [0.15, 0.2) is 41.3 Å². The van der Waals surface area contributed by atoms with Gasteiger partial charge in [-0.25, -0.2) is 4.98 Å². The highest BCUT2D eigenvalue weighted by molar-refractivity contribution is 7.99. The summed E-state index contributed by atoms with van der Waals surface area (Å²) in [6, 6.07) is 14.4. The maximum absolute atomic E-state index is 9.21. The van der Waals surface area contributed by atoms with Crippen LogP contribution < -0.4 is 0 Å². The third kappa shape index (κ3) is 3.36. The molecule has 0 atom stereocenters. The highest BCUT2D eigenvalue weighted by atomic mass is 32.2. The Morgan fingerprint density at radius 3 is 2.53 bits per heavy atom. The molecule has 0 aliphatic rings. The van der Waals surface area contributed by atoms with E-state index in [-0.39, 0.29) is 0 Å². The van der Waals surface area contributed by atoms with Crippen LogP contribution in [0.4, 0.5) is 0 Å². The summed E-state index contributed by atoms with van der Waals surface area (Å²) < 4.78 is 0. The second-order valence-corrected chi connectivity index (χ2v) is 5.51. The number of pyridine rings is 1. The quantitative estimate of drug-likeness (QED) is 0.770. The summed E-state index contributed by atoms with van der Waals surface area (Å²) in [6.45, 7) is 4.19. The number of aryl methyl sites for hydroxylation is 1. The normalized spacial score (nSPS) is 10.2. The molecule has 1 aromatic carbocycles. The summed E-state index contributed by atoms with van der Waals surface area (Å²) in [5, 5.41) is 9.21. The van der Waals surface area contributed by atoms with Crippen LogP contribution in [0.2, 0.25) is 0 Å². The first kappa shape index (κ1) is 13.6. The van der Waals surface area contributed by atoms with Gasteiger partial charge in [0.05, 0.1) is 5.69 Å². The fourth-order valence-electron chi connectivity index (χ4n) is 1.74. The third-order valence-corrected chi connectivity index (χ3v) is 4.03. The van der Waals surface area contributed by atoms with Gasteiger partial charge in [0.1, 0.15) is 6.07 Å². The summed E-state index contributed by atoms with van der Waals surface area (Å²) >= 11 is 1.69. The average molecular weight is 268 g/mol. The lowest BCUT2D eigenvalue weighted by atomic mass is 10.1. The predicted octanol–water partition coefficient (Wildman–Crippen LogP) is 4.43. The fraction of sp³-hybridized carbons (Fsp3) is 0.250. The van der Waals surface area contributed by atoms with Crippen LogP contribution in [-0.2, 0) is 0 Å². The van der Waals surface area contributed by atoms with E-state index in [1.54, 1.807) is 11.8 Å². The number of hydrogen-bond donors (Lipinski definition) is 0. The van der Waals surface area contributed by atoms with E-state index in [1.165, 1.54) is 5.56 Å². The van der Waals surface area contributed by atoms with Gasteiger partial charge >= 0.3 is 0 Å². The molecule has 2 nitrogen and oxygen atoms in total. The van der Waals surface area contributed by atoms with E-state index in [2.05, 4.69) is 37.0 Å². The lowest BCUT2D eigenvalue weighted by Gasteiger charge is -2.06. The molecule has 0 saturated carbocycles. The van der Waals surface area contributed by atoms with Crippen molar-refractivity contribution in [2.75, 3.05) is 5.75 Å². The minimum Gasteiger partial charge on any atom is -0.236 e. The van der Waals surface area contributed by atoms with Crippen molar-refractivity contribution in [3.8, 4) is 17.3 Å². The zero-order valence-electron chi connectivity index (χ0n) is 11.2. The second kappa shape index (κ2) is 6.40. The molecule has 2 aromatic rings. The SMILES string of the molecule is CCCSc1ccc(-c2ccc(C)cc2)nc1C#N. The molecule has 96 valence electrons. The molecule has 2 rings (SSSR count). The lowest BCUT2D eigenvalue weighted by molar-refractivity contribution is 1.10. The van der Waals surface area contributed by atoms with Crippen molar-refractivity contribution in [3.63, 3.8) is 0 Å². The summed E-state index contributed by atoms with van der Waals surface area (Å²) in [6.07, 6.45) is 1.09. The van der Waals surface area contributed by atoms with Gasteiger partial charge in [-0.3, -0.25) is 0 Å². The first-order valence-corrected chi connectivity index (χ1v) is 7.34. The molecule has 0 unspecified atom stereocenters. The predicted molar refractivity (Wildman–Crippen MR) is 80.1 cm³/mol. The van der Waals surface area contributed by atoms with Gasteiger partial charge in [0.15, 0.2) is 5.69 Å². The molecule has 0 fully saturated rings. The molecule has 3 heteroatoms. The lowest BCUT2D eigenvalue weighted by Crippen LogP contribution is -1.91. The molecule has 0 saturated heterocycles. The molecule has 0 N–H and O–H groups in total. The Bertz CT molecular complexity index is 597. The Labute approximate surface area is 118 Å². The average Bonchev–Trinajstić information content (AvgIpc) is 2.46. The van der Waals surface area contributed by atoms with Crippen LogP contribution in [-0.4, -0.2) is 10.7 Å². The summed E-state index contributed by atoms with van der Waals surface area (Å²) in [7, 11) is 0. The topological polar surface area (TPSA) is 36.7 Å². The van der Waals surface area contributed by atoms with E-state index in [0.29, 0.717) is 5.69 Å². The van der Waals surface area contributed by atoms with E-state index in [4.69, 9.17) is 0 Å². The van der Waals surface area contributed by atoms with Gasteiger partial charge in [-0.2, -0.15) is 5.26 Å². The van der Waals surface area contributed by atoms with E-state index in [0.717, 1.165) is 28.3 Å². The number of nitrogens with zero attached hydrogens (tertiary/aromatic N) is 2. The summed E-state index contributed by atoms with van der Waals surface area (Å²) in [5.74, 6) is 1.01. The van der Waals surface area contributed by atoms with Crippen molar-refractivity contribution in [1.82, 2.24) is 4.98 Å². The van der Waals surface area contributed by atoms with Gasteiger partial charge < -0.3 is 0 Å². The Morgan fingerprint density at radius 1 is 1.16 bits per heavy atom.